The SMILES string of the molecule is COc1cc(C=C2SC(=O)N(C)C2=O)ccc1OCC(=O)O. The Balaban J connectivity index is 2.25. The van der Waals surface area contributed by atoms with Crippen LogP contribution in [0.1, 0.15) is 5.56 Å². The quantitative estimate of drug-likeness (QED) is 0.826. The summed E-state index contributed by atoms with van der Waals surface area (Å²) >= 11 is 0.857. The van der Waals surface area contributed by atoms with E-state index >= 15 is 0 Å². The molecule has 1 aromatic carbocycles. The van der Waals surface area contributed by atoms with Crippen LogP contribution < -0.4 is 9.47 Å². The smallest absolute Gasteiger partial charge is 0.341 e. The molecule has 1 fully saturated rings. The molecule has 1 aromatic rings. The third-order valence-electron chi connectivity index (χ3n) is 2.82. The first-order valence-corrected chi connectivity index (χ1v) is 6.98. The first-order valence-electron chi connectivity index (χ1n) is 6.16. The van der Waals surface area contributed by atoms with Crippen molar-refractivity contribution >= 4 is 35.0 Å². The average Bonchev–Trinajstić information content (AvgIpc) is 2.73. The van der Waals surface area contributed by atoms with Gasteiger partial charge in [-0.3, -0.25) is 14.5 Å². The van der Waals surface area contributed by atoms with Crippen LogP contribution in [0.2, 0.25) is 0 Å². The molecule has 22 heavy (non-hydrogen) atoms. The van der Waals surface area contributed by atoms with Crippen LogP contribution >= 0.6 is 11.8 Å². The van der Waals surface area contributed by atoms with Crippen molar-refractivity contribution in [3.8, 4) is 11.5 Å². The highest BCUT2D eigenvalue weighted by atomic mass is 32.2. The lowest BCUT2D eigenvalue weighted by atomic mass is 10.2. The highest BCUT2D eigenvalue weighted by molar-refractivity contribution is 8.18. The molecule has 0 saturated carbocycles. The van der Waals surface area contributed by atoms with Gasteiger partial charge in [0.25, 0.3) is 11.1 Å². The minimum Gasteiger partial charge on any atom is -0.493 e. The highest BCUT2D eigenvalue weighted by Gasteiger charge is 2.31. The zero-order valence-corrected chi connectivity index (χ0v) is 12.7. The molecule has 0 bridgehead atoms. The summed E-state index contributed by atoms with van der Waals surface area (Å²) in [7, 11) is 2.84. The van der Waals surface area contributed by atoms with Crippen LogP contribution in [-0.4, -0.2) is 47.9 Å². The molecule has 2 rings (SSSR count). The lowest BCUT2D eigenvalue weighted by molar-refractivity contribution is -0.139. The summed E-state index contributed by atoms with van der Waals surface area (Å²) in [5.41, 5.74) is 0.637. The van der Waals surface area contributed by atoms with Gasteiger partial charge in [0.2, 0.25) is 0 Å². The van der Waals surface area contributed by atoms with E-state index in [4.69, 9.17) is 14.6 Å². The predicted octanol–water partition coefficient (Wildman–Crippen LogP) is 1.82. The number of carboxylic acid groups (broad SMARTS) is 1. The molecule has 0 aromatic heterocycles. The lowest BCUT2D eigenvalue weighted by Gasteiger charge is -2.09. The van der Waals surface area contributed by atoms with E-state index in [2.05, 4.69) is 0 Å². The second-order valence-corrected chi connectivity index (χ2v) is 5.33. The number of hydrogen-bond acceptors (Lipinski definition) is 6. The maximum atomic E-state index is 11.8. The van der Waals surface area contributed by atoms with Crippen molar-refractivity contribution < 1.29 is 29.0 Å². The van der Waals surface area contributed by atoms with Crippen molar-refractivity contribution in [2.24, 2.45) is 0 Å². The molecule has 0 unspecified atom stereocenters. The van der Waals surface area contributed by atoms with Gasteiger partial charge in [-0.1, -0.05) is 6.07 Å². The number of carbonyl (C=O) groups is 3. The van der Waals surface area contributed by atoms with Gasteiger partial charge in [0.1, 0.15) is 0 Å². The van der Waals surface area contributed by atoms with Crippen LogP contribution in [0, 0.1) is 0 Å². The second kappa shape index (κ2) is 6.52. The standard InChI is InChI=1S/C14H13NO6S/c1-15-13(18)11(22-14(15)19)6-8-3-4-9(10(5-8)20-2)21-7-12(16)17/h3-6H,7H2,1-2H3,(H,16,17). The van der Waals surface area contributed by atoms with Gasteiger partial charge in [0.05, 0.1) is 12.0 Å². The van der Waals surface area contributed by atoms with Crippen molar-refractivity contribution in [1.29, 1.82) is 0 Å². The monoisotopic (exact) mass is 323 g/mol. The minimum atomic E-state index is -1.09. The number of imide groups is 1. The van der Waals surface area contributed by atoms with E-state index in [0.29, 0.717) is 16.2 Å². The molecule has 1 N–H and O–H groups in total. The van der Waals surface area contributed by atoms with Gasteiger partial charge < -0.3 is 14.6 Å². The number of hydrogen-bond donors (Lipinski definition) is 1. The number of carbonyl (C=O) groups excluding carboxylic acids is 2. The first-order chi connectivity index (χ1) is 10.4. The second-order valence-electron chi connectivity index (χ2n) is 4.33. The van der Waals surface area contributed by atoms with Gasteiger partial charge in [0, 0.05) is 7.05 Å². The molecule has 1 heterocycles. The van der Waals surface area contributed by atoms with Crippen LogP contribution in [-0.2, 0) is 9.59 Å². The molecule has 2 amide bonds. The zero-order chi connectivity index (χ0) is 16.3. The molecular weight excluding hydrogens is 310 g/mol. The van der Waals surface area contributed by atoms with E-state index in [0.717, 1.165) is 16.7 Å². The number of thioether (sulfide) groups is 1. The summed E-state index contributed by atoms with van der Waals surface area (Å²) < 4.78 is 10.2. The number of likely N-dealkylation sites (N-methyl/N-ethyl adjacent to an activating group) is 1. The summed E-state index contributed by atoms with van der Waals surface area (Å²) in [4.78, 5) is 35.1. The van der Waals surface area contributed by atoms with Crippen LogP contribution in [0.15, 0.2) is 23.1 Å². The molecule has 0 spiro atoms. The zero-order valence-electron chi connectivity index (χ0n) is 11.9. The van der Waals surface area contributed by atoms with Crippen LogP contribution in [0.4, 0.5) is 4.79 Å². The number of nitrogens with zero attached hydrogens (tertiary/aromatic N) is 1. The summed E-state index contributed by atoms with van der Waals surface area (Å²) in [5, 5.41) is 8.28. The molecule has 0 aliphatic carbocycles. The molecule has 8 heteroatoms. The van der Waals surface area contributed by atoms with Crippen molar-refractivity contribution in [2.45, 2.75) is 0 Å². The number of methoxy groups -OCH3 is 1. The van der Waals surface area contributed by atoms with Gasteiger partial charge in [-0.05, 0) is 35.5 Å². The summed E-state index contributed by atoms with van der Waals surface area (Å²) in [6.07, 6.45) is 1.57. The van der Waals surface area contributed by atoms with E-state index in [1.807, 2.05) is 0 Å². The van der Waals surface area contributed by atoms with Gasteiger partial charge in [0.15, 0.2) is 18.1 Å². The van der Waals surface area contributed by atoms with Gasteiger partial charge >= 0.3 is 5.97 Å². The van der Waals surface area contributed by atoms with Gasteiger partial charge in [-0.2, -0.15) is 0 Å². The molecule has 0 atom stereocenters. The third-order valence-corrected chi connectivity index (χ3v) is 3.78. The number of amides is 2. The maximum absolute atomic E-state index is 11.8. The summed E-state index contributed by atoms with van der Waals surface area (Å²) in [6.45, 7) is -0.482. The van der Waals surface area contributed by atoms with Crippen LogP contribution in [0.25, 0.3) is 6.08 Å². The number of carboxylic acids is 1. The Kier molecular flexibility index (Phi) is 4.71. The molecular formula is C14H13NO6S. The Hall–Kier alpha value is -2.48. The van der Waals surface area contributed by atoms with Crippen LogP contribution in [0.3, 0.4) is 0 Å². The Morgan fingerprint density at radius 3 is 2.64 bits per heavy atom. The fraction of sp³-hybridized carbons (Fsp3) is 0.214. The van der Waals surface area contributed by atoms with Crippen LogP contribution in [0.5, 0.6) is 11.5 Å². The minimum absolute atomic E-state index is 0.283. The largest absolute Gasteiger partial charge is 0.493 e. The maximum Gasteiger partial charge on any atom is 0.341 e. The number of benzene rings is 1. The van der Waals surface area contributed by atoms with E-state index < -0.39 is 12.6 Å². The fourth-order valence-electron chi connectivity index (χ4n) is 1.73. The summed E-state index contributed by atoms with van der Waals surface area (Å²) in [5.74, 6) is -0.834. The molecule has 0 radical (unpaired) electrons. The van der Waals surface area contributed by atoms with Gasteiger partial charge in [-0.25, -0.2) is 4.79 Å². The van der Waals surface area contributed by atoms with E-state index in [9.17, 15) is 14.4 Å². The van der Waals surface area contributed by atoms with E-state index in [1.54, 1.807) is 24.3 Å². The van der Waals surface area contributed by atoms with Crippen molar-refractivity contribution in [3.05, 3.63) is 28.7 Å². The van der Waals surface area contributed by atoms with Crippen molar-refractivity contribution in [2.75, 3.05) is 20.8 Å². The van der Waals surface area contributed by atoms with E-state index in [1.165, 1.54) is 14.2 Å². The topological polar surface area (TPSA) is 93.1 Å². The Morgan fingerprint density at radius 1 is 1.36 bits per heavy atom. The average molecular weight is 323 g/mol. The molecule has 1 aliphatic rings. The lowest BCUT2D eigenvalue weighted by Crippen LogP contribution is -2.22. The highest BCUT2D eigenvalue weighted by Crippen LogP contribution is 2.33. The van der Waals surface area contributed by atoms with Crippen molar-refractivity contribution in [1.82, 2.24) is 4.90 Å². The van der Waals surface area contributed by atoms with E-state index in [-0.39, 0.29) is 16.9 Å². The Morgan fingerprint density at radius 2 is 2.09 bits per heavy atom. The fourth-order valence-corrected chi connectivity index (χ4v) is 2.56. The molecule has 1 saturated heterocycles. The molecule has 1 aliphatic heterocycles. The number of ether oxygens (including phenoxy) is 2. The predicted molar refractivity (Wildman–Crippen MR) is 79.9 cm³/mol. The summed E-state index contributed by atoms with van der Waals surface area (Å²) in [6, 6.07) is 4.79. The number of rotatable bonds is 5. The molecule has 7 nitrogen and oxygen atoms in total. The third kappa shape index (κ3) is 3.40. The van der Waals surface area contributed by atoms with Gasteiger partial charge in [-0.15, -0.1) is 0 Å². The Labute approximate surface area is 130 Å². The first kappa shape index (κ1) is 15.9. The number of aliphatic carboxylic acids is 1. The van der Waals surface area contributed by atoms with Crippen molar-refractivity contribution in [3.63, 3.8) is 0 Å². The normalized spacial score (nSPS) is 16.3. The molecule has 116 valence electrons. The Bertz CT molecular complexity index is 669.